The van der Waals surface area contributed by atoms with E-state index >= 15 is 0 Å². The summed E-state index contributed by atoms with van der Waals surface area (Å²) in [5.74, 6) is 0.684. The molecule has 1 aromatic heterocycles. The number of likely N-dealkylation sites (tertiary alicyclic amines) is 1. The van der Waals surface area contributed by atoms with Gasteiger partial charge in [-0.05, 0) is 36.8 Å². The molecule has 1 spiro atoms. The standard InChI is InChI=1S/C17H24F3N5.HI/c1-21-15(25-11-7-16(12-25)5-3-6-16)24-10-9-23-14-13(17(18,19)20)4-2-8-22-14;/h2,4,8H,3,5-7,9-12H2,1H3,(H,21,24)(H,22,23);1H. The normalized spacial score (nSPS) is 19.1. The number of halogens is 4. The zero-order valence-electron chi connectivity index (χ0n) is 14.8. The van der Waals surface area contributed by atoms with Gasteiger partial charge in [-0.15, -0.1) is 24.0 Å². The quantitative estimate of drug-likeness (QED) is 0.298. The molecule has 0 aromatic carbocycles. The largest absolute Gasteiger partial charge is 0.419 e. The number of anilines is 1. The van der Waals surface area contributed by atoms with Gasteiger partial charge in [0, 0.05) is 39.4 Å². The van der Waals surface area contributed by atoms with Crippen molar-refractivity contribution in [2.24, 2.45) is 10.4 Å². The number of nitrogens with one attached hydrogen (secondary N) is 2. The number of alkyl halides is 3. The maximum Gasteiger partial charge on any atom is 0.419 e. The van der Waals surface area contributed by atoms with Gasteiger partial charge in [0.05, 0.1) is 5.56 Å². The monoisotopic (exact) mass is 483 g/mol. The molecule has 1 saturated heterocycles. The summed E-state index contributed by atoms with van der Waals surface area (Å²) in [4.78, 5) is 10.4. The molecular weight excluding hydrogens is 458 g/mol. The third-order valence-corrected chi connectivity index (χ3v) is 5.18. The third kappa shape index (κ3) is 4.72. The highest BCUT2D eigenvalue weighted by Crippen LogP contribution is 2.47. The summed E-state index contributed by atoms with van der Waals surface area (Å²) < 4.78 is 38.8. The van der Waals surface area contributed by atoms with E-state index in [1.807, 2.05) is 0 Å². The molecule has 3 rings (SSSR count). The van der Waals surface area contributed by atoms with Crippen molar-refractivity contribution < 1.29 is 13.2 Å². The van der Waals surface area contributed by atoms with Gasteiger partial charge in [-0.25, -0.2) is 4.98 Å². The van der Waals surface area contributed by atoms with E-state index < -0.39 is 11.7 Å². The molecule has 0 unspecified atom stereocenters. The van der Waals surface area contributed by atoms with Crippen molar-refractivity contribution in [1.82, 2.24) is 15.2 Å². The first-order valence-electron chi connectivity index (χ1n) is 8.65. The Labute approximate surface area is 168 Å². The van der Waals surface area contributed by atoms with Crippen LogP contribution in [0.25, 0.3) is 0 Å². The molecule has 2 N–H and O–H groups in total. The minimum absolute atomic E-state index is 0. The fraction of sp³-hybridized carbons (Fsp3) is 0.647. The highest BCUT2D eigenvalue weighted by atomic mass is 127. The Kier molecular flexibility index (Phi) is 6.98. The number of hydrogen-bond donors (Lipinski definition) is 2. The first-order chi connectivity index (χ1) is 11.9. The number of rotatable bonds is 4. The number of aromatic nitrogens is 1. The summed E-state index contributed by atoms with van der Waals surface area (Å²) in [6, 6.07) is 2.32. The molecule has 0 bridgehead atoms. The van der Waals surface area contributed by atoms with Crippen LogP contribution in [0.4, 0.5) is 19.0 Å². The smallest absolute Gasteiger partial charge is 0.368 e. The fourth-order valence-corrected chi connectivity index (χ4v) is 3.66. The Bertz CT molecular complexity index is 631. The SMILES string of the molecule is CN=C(NCCNc1ncccc1C(F)(F)F)N1CCC2(CCC2)C1.I. The van der Waals surface area contributed by atoms with E-state index in [-0.39, 0.29) is 29.8 Å². The minimum Gasteiger partial charge on any atom is -0.368 e. The second kappa shape index (κ2) is 8.62. The van der Waals surface area contributed by atoms with Crippen LogP contribution in [0.3, 0.4) is 0 Å². The molecule has 0 atom stereocenters. The summed E-state index contributed by atoms with van der Waals surface area (Å²) in [5, 5.41) is 5.99. The first kappa shape index (κ1) is 21.0. The molecule has 1 saturated carbocycles. The van der Waals surface area contributed by atoms with Crippen molar-refractivity contribution in [2.75, 3.05) is 38.5 Å². The van der Waals surface area contributed by atoms with Crippen molar-refractivity contribution in [3.63, 3.8) is 0 Å². The van der Waals surface area contributed by atoms with E-state index in [4.69, 9.17) is 0 Å². The van der Waals surface area contributed by atoms with Crippen molar-refractivity contribution in [2.45, 2.75) is 31.9 Å². The van der Waals surface area contributed by atoms with Gasteiger partial charge in [0.25, 0.3) is 0 Å². The third-order valence-electron chi connectivity index (χ3n) is 5.18. The van der Waals surface area contributed by atoms with E-state index in [0.717, 1.165) is 25.1 Å². The van der Waals surface area contributed by atoms with Crippen LogP contribution in [0.5, 0.6) is 0 Å². The second-order valence-corrected chi connectivity index (χ2v) is 6.82. The van der Waals surface area contributed by atoms with Crippen molar-refractivity contribution in [1.29, 1.82) is 0 Å². The van der Waals surface area contributed by atoms with Crippen molar-refractivity contribution in [3.8, 4) is 0 Å². The summed E-state index contributed by atoms with van der Waals surface area (Å²) in [6.07, 6.45) is 2.05. The predicted molar refractivity (Wildman–Crippen MR) is 107 cm³/mol. The van der Waals surface area contributed by atoms with Crippen LogP contribution in [0.2, 0.25) is 0 Å². The van der Waals surface area contributed by atoms with Crippen LogP contribution >= 0.6 is 24.0 Å². The van der Waals surface area contributed by atoms with E-state index in [1.54, 1.807) is 7.05 Å². The zero-order valence-corrected chi connectivity index (χ0v) is 17.1. The van der Waals surface area contributed by atoms with Gasteiger partial charge in [-0.3, -0.25) is 4.99 Å². The minimum atomic E-state index is -4.41. The molecule has 5 nitrogen and oxygen atoms in total. The van der Waals surface area contributed by atoms with Crippen LogP contribution in [-0.2, 0) is 6.18 Å². The van der Waals surface area contributed by atoms with Crippen molar-refractivity contribution >= 4 is 35.8 Å². The van der Waals surface area contributed by atoms with E-state index in [0.29, 0.717) is 18.5 Å². The van der Waals surface area contributed by atoms with Crippen LogP contribution in [-0.4, -0.2) is 49.1 Å². The van der Waals surface area contributed by atoms with E-state index in [9.17, 15) is 13.2 Å². The summed E-state index contributed by atoms with van der Waals surface area (Å²) >= 11 is 0. The molecule has 146 valence electrons. The Hall–Kier alpha value is -1.26. The zero-order chi connectivity index (χ0) is 17.9. The van der Waals surface area contributed by atoms with Gasteiger partial charge in [0.1, 0.15) is 5.82 Å². The van der Waals surface area contributed by atoms with E-state index in [1.165, 1.54) is 37.9 Å². The molecule has 2 fully saturated rings. The summed E-state index contributed by atoms with van der Waals surface area (Å²) in [7, 11) is 1.74. The Balaban J connectivity index is 0.00000243. The second-order valence-electron chi connectivity index (χ2n) is 6.82. The summed E-state index contributed by atoms with van der Waals surface area (Å²) in [6.45, 7) is 2.83. The van der Waals surface area contributed by atoms with Gasteiger partial charge in [0.2, 0.25) is 0 Å². The highest BCUT2D eigenvalue weighted by Gasteiger charge is 2.43. The molecule has 0 amide bonds. The number of nitrogens with zero attached hydrogens (tertiary/aromatic N) is 3. The van der Waals surface area contributed by atoms with Gasteiger partial charge in [-0.1, -0.05) is 6.42 Å². The lowest BCUT2D eigenvalue weighted by atomic mass is 9.68. The number of hydrogen-bond acceptors (Lipinski definition) is 3. The van der Waals surface area contributed by atoms with Gasteiger partial charge < -0.3 is 15.5 Å². The first-order valence-corrected chi connectivity index (χ1v) is 8.65. The molecule has 26 heavy (non-hydrogen) atoms. The fourth-order valence-electron chi connectivity index (χ4n) is 3.66. The predicted octanol–water partition coefficient (Wildman–Crippen LogP) is 3.58. The van der Waals surface area contributed by atoms with Gasteiger partial charge in [0.15, 0.2) is 5.96 Å². The lowest BCUT2D eigenvalue weighted by Gasteiger charge is -2.38. The Morgan fingerprint density at radius 2 is 2.08 bits per heavy atom. The average molecular weight is 483 g/mol. The van der Waals surface area contributed by atoms with Crippen LogP contribution in [0.1, 0.15) is 31.2 Å². The Morgan fingerprint density at radius 3 is 2.65 bits per heavy atom. The molecule has 1 aliphatic heterocycles. The molecule has 1 aliphatic carbocycles. The van der Waals surface area contributed by atoms with Crippen molar-refractivity contribution in [3.05, 3.63) is 23.9 Å². The maximum absolute atomic E-state index is 12.9. The van der Waals surface area contributed by atoms with Gasteiger partial charge in [-0.2, -0.15) is 13.2 Å². The average Bonchev–Trinajstić information content (AvgIpc) is 3.00. The Morgan fingerprint density at radius 1 is 1.31 bits per heavy atom. The lowest BCUT2D eigenvalue weighted by molar-refractivity contribution is -0.137. The number of pyridine rings is 1. The molecular formula is C17H25F3IN5. The molecule has 2 heterocycles. The van der Waals surface area contributed by atoms with Crippen LogP contribution in [0.15, 0.2) is 23.3 Å². The summed E-state index contributed by atoms with van der Waals surface area (Å²) in [5.41, 5.74) is -0.267. The molecule has 0 radical (unpaired) electrons. The maximum atomic E-state index is 12.9. The van der Waals surface area contributed by atoms with Crippen LogP contribution in [0, 0.1) is 5.41 Å². The number of aliphatic imine (C=N–C) groups is 1. The highest BCUT2D eigenvalue weighted by molar-refractivity contribution is 14.0. The lowest BCUT2D eigenvalue weighted by Crippen LogP contribution is -2.43. The van der Waals surface area contributed by atoms with Gasteiger partial charge >= 0.3 is 6.18 Å². The van der Waals surface area contributed by atoms with Crippen LogP contribution < -0.4 is 10.6 Å². The van der Waals surface area contributed by atoms with E-state index in [2.05, 4.69) is 25.5 Å². The molecule has 2 aliphatic rings. The topological polar surface area (TPSA) is 52.6 Å². The molecule has 9 heteroatoms. The number of guanidine groups is 1. The molecule has 1 aromatic rings.